The Bertz CT molecular complexity index is 516. The zero-order valence-corrected chi connectivity index (χ0v) is 12.7. The fourth-order valence-corrected chi connectivity index (χ4v) is 3.46. The van der Waals surface area contributed by atoms with Gasteiger partial charge in [-0.2, -0.15) is 0 Å². The predicted octanol–water partition coefficient (Wildman–Crippen LogP) is 5.06. The van der Waals surface area contributed by atoms with Gasteiger partial charge in [-0.05, 0) is 49.4 Å². The van der Waals surface area contributed by atoms with Crippen molar-refractivity contribution in [2.24, 2.45) is 0 Å². The molecule has 0 aliphatic rings. The van der Waals surface area contributed by atoms with E-state index >= 15 is 0 Å². The van der Waals surface area contributed by atoms with Crippen LogP contribution in [0.25, 0.3) is 0 Å². The smallest absolute Gasteiger partial charge is 0.0672 e. The fourth-order valence-electron chi connectivity index (χ4n) is 1.94. The minimum Gasteiger partial charge on any atom is -0.306 e. The van der Waals surface area contributed by atoms with Gasteiger partial charge < -0.3 is 5.32 Å². The van der Waals surface area contributed by atoms with Crippen molar-refractivity contribution in [3.05, 3.63) is 55.7 Å². The third-order valence-corrected chi connectivity index (χ3v) is 4.17. The Balaban J connectivity index is 2.40. The molecule has 2 aromatic rings. The quantitative estimate of drug-likeness (QED) is 0.832. The van der Waals surface area contributed by atoms with Crippen LogP contribution in [0.3, 0.4) is 0 Å². The second-order valence-corrected chi connectivity index (χ2v) is 6.33. The molecule has 1 N–H and O–H groups in total. The molecule has 1 atom stereocenters. The molecular weight excluding hydrogens is 285 g/mol. The molecule has 2 rings (SSSR count). The highest BCUT2D eigenvalue weighted by atomic mass is 35.5. The molecule has 0 spiro atoms. The summed E-state index contributed by atoms with van der Waals surface area (Å²) in [6.07, 6.45) is 0. The Hall–Kier alpha value is -0.540. The van der Waals surface area contributed by atoms with E-state index in [4.69, 9.17) is 23.2 Å². The molecule has 1 aromatic carbocycles. The van der Waals surface area contributed by atoms with E-state index in [-0.39, 0.29) is 6.04 Å². The largest absolute Gasteiger partial charge is 0.306 e. The van der Waals surface area contributed by atoms with Crippen molar-refractivity contribution < 1.29 is 0 Å². The molecule has 1 heterocycles. The standard InChI is InChI=1S/C14H15Cl2NS/c1-3-17-14(13-5-4-9(2)18-13)10-6-11(15)8-12(16)7-10/h4-8,14,17H,3H2,1-2H3. The van der Waals surface area contributed by atoms with Crippen LogP contribution in [0.2, 0.25) is 10.0 Å². The lowest BCUT2D eigenvalue weighted by Crippen LogP contribution is -2.21. The summed E-state index contributed by atoms with van der Waals surface area (Å²) < 4.78 is 0. The van der Waals surface area contributed by atoms with E-state index in [2.05, 4.69) is 31.3 Å². The summed E-state index contributed by atoms with van der Waals surface area (Å²) in [4.78, 5) is 2.59. The van der Waals surface area contributed by atoms with Gasteiger partial charge in [0.05, 0.1) is 6.04 Å². The van der Waals surface area contributed by atoms with E-state index in [9.17, 15) is 0 Å². The summed E-state index contributed by atoms with van der Waals surface area (Å²) in [6, 6.07) is 10.1. The number of hydrogen-bond acceptors (Lipinski definition) is 2. The monoisotopic (exact) mass is 299 g/mol. The molecular formula is C14H15Cl2NS. The minimum absolute atomic E-state index is 0.157. The molecule has 0 aliphatic heterocycles. The topological polar surface area (TPSA) is 12.0 Å². The van der Waals surface area contributed by atoms with E-state index in [0.717, 1.165) is 12.1 Å². The zero-order chi connectivity index (χ0) is 13.1. The lowest BCUT2D eigenvalue weighted by Gasteiger charge is -2.17. The van der Waals surface area contributed by atoms with Gasteiger partial charge in [-0.25, -0.2) is 0 Å². The zero-order valence-electron chi connectivity index (χ0n) is 10.3. The first-order valence-electron chi connectivity index (χ1n) is 5.86. The van der Waals surface area contributed by atoms with Crippen LogP contribution >= 0.6 is 34.5 Å². The second kappa shape index (κ2) is 6.07. The molecule has 0 saturated heterocycles. The number of nitrogens with one attached hydrogen (secondary N) is 1. The third-order valence-electron chi connectivity index (χ3n) is 2.67. The first-order chi connectivity index (χ1) is 8.60. The summed E-state index contributed by atoms with van der Waals surface area (Å²) in [5.74, 6) is 0. The molecule has 1 aromatic heterocycles. The van der Waals surface area contributed by atoms with E-state index in [1.807, 2.05) is 12.1 Å². The van der Waals surface area contributed by atoms with Crippen molar-refractivity contribution in [2.45, 2.75) is 19.9 Å². The first-order valence-corrected chi connectivity index (χ1v) is 7.43. The first kappa shape index (κ1) is 13.9. The molecule has 4 heteroatoms. The van der Waals surface area contributed by atoms with Gasteiger partial charge in [0, 0.05) is 19.8 Å². The maximum absolute atomic E-state index is 6.08. The van der Waals surface area contributed by atoms with E-state index < -0.39 is 0 Å². The van der Waals surface area contributed by atoms with Crippen molar-refractivity contribution in [1.82, 2.24) is 5.32 Å². The maximum Gasteiger partial charge on any atom is 0.0672 e. The van der Waals surface area contributed by atoms with Crippen LogP contribution in [-0.2, 0) is 0 Å². The summed E-state index contributed by atoms with van der Waals surface area (Å²) in [5.41, 5.74) is 1.11. The molecule has 96 valence electrons. The van der Waals surface area contributed by atoms with Crippen LogP contribution in [0, 0.1) is 6.92 Å². The van der Waals surface area contributed by atoms with Crippen LogP contribution in [0.5, 0.6) is 0 Å². The van der Waals surface area contributed by atoms with Gasteiger partial charge in [-0.15, -0.1) is 11.3 Å². The summed E-state index contributed by atoms with van der Waals surface area (Å²) >= 11 is 14.0. The van der Waals surface area contributed by atoms with Crippen LogP contribution in [0.1, 0.15) is 28.3 Å². The van der Waals surface area contributed by atoms with Gasteiger partial charge in [0.2, 0.25) is 0 Å². The molecule has 18 heavy (non-hydrogen) atoms. The van der Waals surface area contributed by atoms with Crippen molar-refractivity contribution in [2.75, 3.05) is 6.54 Å². The normalized spacial score (nSPS) is 12.7. The number of benzene rings is 1. The van der Waals surface area contributed by atoms with E-state index in [0.29, 0.717) is 10.0 Å². The molecule has 1 unspecified atom stereocenters. The van der Waals surface area contributed by atoms with Crippen molar-refractivity contribution >= 4 is 34.5 Å². The van der Waals surface area contributed by atoms with Crippen molar-refractivity contribution in [3.8, 4) is 0 Å². The number of aryl methyl sites for hydroxylation is 1. The lowest BCUT2D eigenvalue weighted by atomic mass is 10.1. The summed E-state index contributed by atoms with van der Waals surface area (Å²) in [7, 11) is 0. The van der Waals surface area contributed by atoms with E-state index in [1.54, 1.807) is 17.4 Å². The molecule has 0 radical (unpaired) electrons. The summed E-state index contributed by atoms with van der Waals surface area (Å²) in [5, 5.41) is 4.83. The fraction of sp³-hybridized carbons (Fsp3) is 0.286. The summed E-state index contributed by atoms with van der Waals surface area (Å²) in [6.45, 7) is 5.10. The van der Waals surface area contributed by atoms with Gasteiger partial charge >= 0.3 is 0 Å². The highest BCUT2D eigenvalue weighted by Gasteiger charge is 2.15. The van der Waals surface area contributed by atoms with Gasteiger partial charge in [0.25, 0.3) is 0 Å². The third kappa shape index (κ3) is 3.27. The average Bonchev–Trinajstić information content (AvgIpc) is 2.71. The average molecular weight is 300 g/mol. The molecule has 1 nitrogen and oxygen atoms in total. The van der Waals surface area contributed by atoms with Gasteiger partial charge in [-0.3, -0.25) is 0 Å². The highest BCUT2D eigenvalue weighted by Crippen LogP contribution is 2.31. The van der Waals surface area contributed by atoms with Crippen LogP contribution < -0.4 is 5.32 Å². The number of hydrogen-bond donors (Lipinski definition) is 1. The lowest BCUT2D eigenvalue weighted by molar-refractivity contribution is 0.640. The van der Waals surface area contributed by atoms with Crippen LogP contribution in [0.4, 0.5) is 0 Å². The highest BCUT2D eigenvalue weighted by molar-refractivity contribution is 7.12. The molecule has 0 saturated carbocycles. The Morgan fingerprint density at radius 3 is 2.33 bits per heavy atom. The number of rotatable bonds is 4. The Kier molecular flexibility index (Phi) is 4.68. The Morgan fingerprint density at radius 1 is 1.17 bits per heavy atom. The van der Waals surface area contributed by atoms with Crippen LogP contribution in [0.15, 0.2) is 30.3 Å². The molecule has 0 amide bonds. The van der Waals surface area contributed by atoms with Crippen molar-refractivity contribution in [3.63, 3.8) is 0 Å². The minimum atomic E-state index is 0.157. The molecule has 0 bridgehead atoms. The van der Waals surface area contributed by atoms with Gasteiger partial charge in [-0.1, -0.05) is 30.1 Å². The number of halogens is 2. The Labute approximate surface area is 122 Å². The van der Waals surface area contributed by atoms with Crippen LogP contribution in [-0.4, -0.2) is 6.54 Å². The van der Waals surface area contributed by atoms with Gasteiger partial charge in [0.1, 0.15) is 0 Å². The molecule has 0 aliphatic carbocycles. The second-order valence-electron chi connectivity index (χ2n) is 4.14. The SMILES string of the molecule is CCNC(c1cc(Cl)cc(Cl)c1)c1ccc(C)s1. The molecule has 0 fully saturated rings. The van der Waals surface area contributed by atoms with Crippen molar-refractivity contribution in [1.29, 1.82) is 0 Å². The number of thiophene rings is 1. The predicted molar refractivity (Wildman–Crippen MR) is 81.0 cm³/mol. The van der Waals surface area contributed by atoms with Gasteiger partial charge in [0.15, 0.2) is 0 Å². The Morgan fingerprint density at radius 2 is 1.83 bits per heavy atom. The van der Waals surface area contributed by atoms with E-state index in [1.165, 1.54) is 9.75 Å². The maximum atomic E-state index is 6.08.